The lowest BCUT2D eigenvalue weighted by molar-refractivity contribution is -0.142. The van der Waals surface area contributed by atoms with Crippen molar-refractivity contribution in [1.29, 1.82) is 0 Å². The third-order valence-corrected chi connectivity index (χ3v) is 5.25. The van der Waals surface area contributed by atoms with E-state index in [2.05, 4.69) is 0 Å². The molecule has 0 bridgehead atoms. The van der Waals surface area contributed by atoms with E-state index in [0.717, 1.165) is 17.7 Å². The van der Waals surface area contributed by atoms with Crippen LogP contribution in [0.4, 0.5) is 0 Å². The van der Waals surface area contributed by atoms with Crippen LogP contribution in [0.2, 0.25) is 0 Å². The quantitative estimate of drug-likeness (QED) is 0.817. The molecule has 7 heteroatoms. The number of ether oxygens (including phenoxy) is 3. The molecule has 25 heavy (non-hydrogen) atoms. The number of piperidine rings is 1. The largest absolute Gasteiger partial charge is 0.493 e. The van der Waals surface area contributed by atoms with E-state index in [1.807, 2.05) is 12.1 Å². The Bertz CT molecular complexity index is 641. The molecule has 1 fully saturated rings. The zero-order chi connectivity index (χ0) is 18.0. The Kier molecular flexibility index (Phi) is 5.17. The number of amides is 1. The minimum absolute atomic E-state index is 0.208. The zero-order valence-electron chi connectivity index (χ0n) is 14.8. The number of aliphatic hydroxyl groups is 1. The zero-order valence-corrected chi connectivity index (χ0v) is 14.8. The van der Waals surface area contributed by atoms with Gasteiger partial charge in [-0.05, 0) is 42.5 Å². The molecule has 1 amide bonds. The summed E-state index contributed by atoms with van der Waals surface area (Å²) in [6.07, 6.45) is 2.22. The fourth-order valence-electron chi connectivity index (χ4n) is 3.80. The lowest BCUT2D eigenvalue weighted by atomic mass is 9.79. The molecule has 3 rings (SSSR count). The number of carbonyl (C=O) groups is 1. The lowest BCUT2D eigenvalue weighted by Crippen LogP contribution is -2.53. The number of fused-ring (bicyclic) bond motifs is 2. The van der Waals surface area contributed by atoms with E-state index in [9.17, 15) is 4.79 Å². The van der Waals surface area contributed by atoms with Crippen LogP contribution < -0.4 is 15.2 Å². The first-order chi connectivity index (χ1) is 12.0. The van der Waals surface area contributed by atoms with Crippen molar-refractivity contribution >= 4 is 5.91 Å². The van der Waals surface area contributed by atoms with E-state index < -0.39 is 11.6 Å². The first-order valence-electron chi connectivity index (χ1n) is 8.59. The normalized spacial score (nSPS) is 20.1. The molecule has 1 spiro atoms. The van der Waals surface area contributed by atoms with Crippen molar-refractivity contribution in [2.24, 2.45) is 5.73 Å². The van der Waals surface area contributed by atoms with Gasteiger partial charge >= 0.3 is 0 Å². The molecule has 0 saturated carbocycles. The molecule has 2 aliphatic rings. The number of likely N-dealkylation sites (tertiary alicyclic amines) is 1. The minimum Gasteiger partial charge on any atom is -0.493 e. The molecule has 0 aromatic heterocycles. The van der Waals surface area contributed by atoms with E-state index >= 15 is 0 Å². The van der Waals surface area contributed by atoms with Gasteiger partial charge in [0.25, 0.3) is 0 Å². The van der Waals surface area contributed by atoms with Gasteiger partial charge in [0.05, 0.1) is 33.0 Å². The summed E-state index contributed by atoms with van der Waals surface area (Å²) in [5.74, 6) is 1.20. The van der Waals surface area contributed by atoms with Crippen molar-refractivity contribution in [1.82, 2.24) is 4.90 Å². The predicted molar refractivity (Wildman–Crippen MR) is 91.8 cm³/mol. The molecule has 1 saturated heterocycles. The number of aliphatic hydroxyl groups excluding tert-OH is 1. The first-order valence-corrected chi connectivity index (χ1v) is 8.59. The van der Waals surface area contributed by atoms with Crippen molar-refractivity contribution in [3.8, 4) is 11.5 Å². The van der Waals surface area contributed by atoms with Gasteiger partial charge in [-0.25, -0.2) is 0 Å². The van der Waals surface area contributed by atoms with Gasteiger partial charge in [0, 0.05) is 13.1 Å². The molecule has 7 nitrogen and oxygen atoms in total. The Morgan fingerprint density at radius 1 is 1.32 bits per heavy atom. The average Bonchev–Trinajstić information content (AvgIpc) is 2.66. The molecule has 2 heterocycles. The summed E-state index contributed by atoms with van der Waals surface area (Å²) in [7, 11) is 3.26. The third-order valence-electron chi connectivity index (χ3n) is 5.25. The van der Waals surface area contributed by atoms with Crippen LogP contribution in [0.15, 0.2) is 12.1 Å². The maximum atomic E-state index is 12.2. The maximum absolute atomic E-state index is 12.2. The number of nitrogens with two attached hydrogens (primary N) is 1. The lowest BCUT2D eigenvalue weighted by Gasteiger charge is -2.45. The van der Waals surface area contributed by atoms with Gasteiger partial charge in [0.2, 0.25) is 5.91 Å². The van der Waals surface area contributed by atoms with Gasteiger partial charge in [-0.15, -0.1) is 0 Å². The molecule has 0 aliphatic carbocycles. The monoisotopic (exact) mass is 350 g/mol. The van der Waals surface area contributed by atoms with Crippen LogP contribution in [0.1, 0.15) is 24.0 Å². The first kappa shape index (κ1) is 18.0. The molecule has 1 aromatic carbocycles. The number of hydrogen-bond acceptors (Lipinski definition) is 6. The predicted octanol–water partition coefficient (Wildman–Crippen LogP) is 0.414. The van der Waals surface area contributed by atoms with Crippen LogP contribution in [0, 0.1) is 0 Å². The van der Waals surface area contributed by atoms with E-state index in [0.29, 0.717) is 38.3 Å². The number of carbonyl (C=O) groups excluding carboxylic acids is 1. The summed E-state index contributed by atoms with van der Waals surface area (Å²) < 4.78 is 17.1. The number of benzene rings is 1. The number of methoxy groups -OCH3 is 2. The molecular formula is C18H26N2O5. The Hall–Kier alpha value is -1.83. The van der Waals surface area contributed by atoms with Crippen molar-refractivity contribution in [3.05, 3.63) is 23.3 Å². The van der Waals surface area contributed by atoms with Gasteiger partial charge < -0.3 is 30.0 Å². The Balaban J connectivity index is 1.85. The van der Waals surface area contributed by atoms with E-state index in [1.165, 1.54) is 5.56 Å². The van der Waals surface area contributed by atoms with Crippen LogP contribution in [-0.4, -0.2) is 62.5 Å². The summed E-state index contributed by atoms with van der Waals surface area (Å²) in [5, 5.41) is 9.09. The highest BCUT2D eigenvalue weighted by Gasteiger charge is 2.42. The van der Waals surface area contributed by atoms with Crippen LogP contribution in [0.25, 0.3) is 0 Å². The van der Waals surface area contributed by atoms with Gasteiger partial charge in [0.1, 0.15) is 6.04 Å². The highest BCUT2D eigenvalue weighted by atomic mass is 16.5. The van der Waals surface area contributed by atoms with Crippen molar-refractivity contribution in [2.75, 3.05) is 40.5 Å². The molecule has 1 atom stereocenters. The van der Waals surface area contributed by atoms with Crippen molar-refractivity contribution in [2.45, 2.75) is 30.9 Å². The molecule has 0 unspecified atom stereocenters. The summed E-state index contributed by atoms with van der Waals surface area (Å²) >= 11 is 0. The molecule has 2 aliphatic heterocycles. The standard InChI is InChI=1S/C18H26N2O5/c1-23-15-9-12-3-8-25-18(13(12)10-16(15)24-2)4-6-20(7-5-18)17(22)14(19)11-21/h9-10,14,21H,3-8,11,19H2,1-2H3/t14-/m0/s1. The Morgan fingerprint density at radius 3 is 2.56 bits per heavy atom. The summed E-state index contributed by atoms with van der Waals surface area (Å²) in [4.78, 5) is 13.9. The Morgan fingerprint density at radius 2 is 1.96 bits per heavy atom. The molecule has 1 aromatic rings. The Labute approximate surface area is 147 Å². The maximum Gasteiger partial charge on any atom is 0.241 e. The van der Waals surface area contributed by atoms with Crippen LogP contribution in [0.3, 0.4) is 0 Å². The third kappa shape index (κ3) is 3.19. The second-order valence-corrected chi connectivity index (χ2v) is 6.57. The number of nitrogens with zero attached hydrogens (tertiary/aromatic N) is 1. The topological polar surface area (TPSA) is 94.3 Å². The van der Waals surface area contributed by atoms with Crippen LogP contribution in [0.5, 0.6) is 11.5 Å². The highest BCUT2D eigenvalue weighted by molar-refractivity contribution is 5.81. The van der Waals surface area contributed by atoms with E-state index in [4.69, 9.17) is 25.1 Å². The number of rotatable bonds is 4. The summed E-state index contributed by atoms with van der Waals surface area (Å²) in [5.41, 5.74) is 7.58. The van der Waals surface area contributed by atoms with Gasteiger partial charge in [-0.1, -0.05) is 0 Å². The molecule has 0 radical (unpaired) electrons. The molecule has 3 N–H and O–H groups in total. The smallest absolute Gasteiger partial charge is 0.241 e. The number of hydrogen-bond donors (Lipinski definition) is 2. The summed E-state index contributed by atoms with van der Waals surface area (Å²) in [6, 6.07) is 3.18. The van der Waals surface area contributed by atoms with Gasteiger partial charge in [0.15, 0.2) is 11.5 Å². The van der Waals surface area contributed by atoms with Crippen molar-refractivity contribution in [3.63, 3.8) is 0 Å². The second-order valence-electron chi connectivity index (χ2n) is 6.57. The van der Waals surface area contributed by atoms with Gasteiger partial charge in [-0.2, -0.15) is 0 Å². The van der Waals surface area contributed by atoms with Crippen LogP contribution in [-0.2, 0) is 21.6 Å². The fourth-order valence-corrected chi connectivity index (χ4v) is 3.80. The SMILES string of the molecule is COc1cc2c(cc1OC)C1(CCN(C(=O)[C@@H](N)CO)CC1)OCC2. The van der Waals surface area contributed by atoms with Gasteiger partial charge in [-0.3, -0.25) is 4.79 Å². The molecule has 138 valence electrons. The van der Waals surface area contributed by atoms with Crippen LogP contribution >= 0.6 is 0 Å². The van der Waals surface area contributed by atoms with E-state index in [1.54, 1.807) is 19.1 Å². The highest BCUT2D eigenvalue weighted by Crippen LogP contribution is 2.45. The second kappa shape index (κ2) is 7.19. The molecular weight excluding hydrogens is 324 g/mol. The fraction of sp³-hybridized carbons (Fsp3) is 0.611. The van der Waals surface area contributed by atoms with Crippen molar-refractivity contribution < 1.29 is 24.1 Å². The van der Waals surface area contributed by atoms with E-state index in [-0.39, 0.29) is 12.5 Å². The minimum atomic E-state index is -0.849. The summed E-state index contributed by atoms with van der Waals surface area (Å²) in [6.45, 7) is 1.42. The average molecular weight is 350 g/mol.